The Morgan fingerprint density at radius 2 is 1.87 bits per heavy atom. The fourth-order valence-electron chi connectivity index (χ4n) is 3.19. The van der Waals surface area contributed by atoms with Crippen molar-refractivity contribution in [2.75, 3.05) is 49.5 Å². The second-order valence-corrected chi connectivity index (χ2v) is 8.92. The van der Waals surface area contributed by atoms with E-state index in [9.17, 15) is 14.0 Å². The number of hydrogen-bond donors (Lipinski definition) is 1. The predicted octanol–water partition coefficient (Wildman–Crippen LogP) is 3.64. The highest BCUT2D eigenvalue weighted by molar-refractivity contribution is 5.70. The van der Waals surface area contributed by atoms with Gasteiger partial charge in [-0.3, -0.25) is 4.79 Å². The fourth-order valence-corrected chi connectivity index (χ4v) is 3.19. The second kappa shape index (κ2) is 9.53. The number of amides is 1. The summed E-state index contributed by atoms with van der Waals surface area (Å²) in [5.74, 6) is -0.0893. The van der Waals surface area contributed by atoms with Crippen molar-refractivity contribution in [2.45, 2.75) is 45.6 Å². The Labute approximate surface area is 177 Å². The number of nitrogens with zero attached hydrogens (tertiary/aromatic N) is 2. The summed E-state index contributed by atoms with van der Waals surface area (Å²) >= 11 is 0. The van der Waals surface area contributed by atoms with E-state index in [1.165, 1.54) is 6.07 Å². The monoisotopic (exact) mass is 421 g/mol. The SMILES string of the molecule is CC(C)(C)OC(=O)N1CCN(c2ccc(F)c(NCCC(=O)OCC3CC3)c2)CC1. The number of benzene rings is 1. The maximum absolute atomic E-state index is 14.2. The van der Waals surface area contributed by atoms with Crippen molar-refractivity contribution in [2.24, 2.45) is 5.92 Å². The molecule has 1 aromatic carbocycles. The van der Waals surface area contributed by atoms with Gasteiger partial charge in [-0.1, -0.05) is 0 Å². The third-order valence-corrected chi connectivity index (χ3v) is 5.07. The molecule has 1 saturated carbocycles. The molecule has 0 spiro atoms. The Morgan fingerprint density at radius 1 is 1.17 bits per heavy atom. The summed E-state index contributed by atoms with van der Waals surface area (Å²) in [7, 11) is 0. The van der Waals surface area contributed by atoms with Crippen LogP contribution in [-0.4, -0.2) is 61.9 Å². The standard InChI is InChI=1S/C22H32FN3O4/c1-22(2,3)30-21(28)26-12-10-25(11-13-26)17-6-7-18(23)19(14-17)24-9-8-20(27)29-15-16-4-5-16/h6-7,14,16,24H,4-5,8-13,15H2,1-3H3. The molecule has 1 aromatic rings. The summed E-state index contributed by atoms with van der Waals surface area (Å²) in [5.41, 5.74) is 0.715. The maximum atomic E-state index is 14.2. The summed E-state index contributed by atoms with van der Waals surface area (Å²) in [4.78, 5) is 27.7. The van der Waals surface area contributed by atoms with Crippen LogP contribution in [0.4, 0.5) is 20.6 Å². The molecule has 3 rings (SSSR count). The molecule has 1 amide bonds. The highest BCUT2D eigenvalue weighted by atomic mass is 19.1. The van der Waals surface area contributed by atoms with E-state index in [4.69, 9.17) is 9.47 Å². The lowest BCUT2D eigenvalue weighted by atomic mass is 10.2. The van der Waals surface area contributed by atoms with Gasteiger partial charge < -0.3 is 24.6 Å². The Balaban J connectivity index is 1.47. The topological polar surface area (TPSA) is 71.1 Å². The highest BCUT2D eigenvalue weighted by Gasteiger charge is 2.26. The van der Waals surface area contributed by atoms with Crippen LogP contribution in [0.2, 0.25) is 0 Å². The number of carbonyl (C=O) groups excluding carboxylic acids is 2. The third-order valence-electron chi connectivity index (χ3n) is 5.07. The number of piperazine rings is 1. The van der Waals surface area contributed by atoms with Crippen molar-refractivity contribution >= 4 is 23.4 Å². The molecule has 7 nitrogen and oxygen atoms in total. The molecular formula is C22H32FN3O4. The van der Waals surface area contributed by atoms with Gasteiger partial charge >= 0.3 is 12.1 Å². The van der Waals surface area contributed by atoms with Gasteiger partial charge in [0.1, 0.15) is 11.4 Å². The van der Waals surface area contributed by atoms with Crippen molar-refractivity contribution in [1.29, 1.82) is 0 Å². The normalized spacial score (nSPS) is 16.9. The number of ether oxygens (including phenoxy) is 2. The van der Waals surface area contributed by atoms with E-state index in [0.29, 0.717) is 50.9 Å². The van der Waals surface area contributed by atoms with E-state index < -0.39 is 5.60 Å². The molecule has 0 aromatic heterocycles. The van der Waals surface area contributed by atoms with Crippen molar-refractivity contribution < 1.29 is 23.5 Å². The predicted molar refractivity (Wildman–Crippen MR) is 113 cm³/mol. The van der Waals surface area contributed by atoms with Gasteiger partial charge in [-0.15, -0.1) is 0 Å². The van der Waals surface area contributed by atoms with Gasteiger partial charge in [0.05, 0.1) is 18.7 Å². The van der Waals surface area contributed by atoms with Gasteiger partial charge in [-0.05, 0) is 57.7 Å². The molecule has 0 unspecified atom stereocenters. The summed E-state index contributed by atoms with van der Waals surface area (Å²) in [6, 6.07) is 4.89. The quantitative estimate of drug-likeness (QED) is 0.678. The Morgan fingerprint density at radius 3 is 2.50 bits per heavy atom. The molecule has 2 aliphatic rings. The van der Waals surface area contributed by atoms with Gasteiger partial charge in [0.15, 0.2) is 0 Å². The molecule has 166 valence electrons. The first-order valence-electron chi connectivity index (χ1n) is 10.6. The Hall–Kier alpha value is -2.51. The van der Waals surface area contributed by atoms with Gasteiger partial charge in [-0.25, -0.2) is 9.18 Å². The first kappa shape index (κ1) is 22.2. The highest BCUT2D eigenvalue weighted by Crippen LogP contribution is 2.29. The van der Waals surface area contributed by atoms with Crippen LogP contribution in [0.1, 0.15) is 40.0 Å². The zero-order valence-electron chi connectivity index (χ0n) is 18.1. The number of hydrogen-bond acceptors (Lipinski definition) is 6. The minimum absolute atomic E-state index is 0.199. The lowest BCUT2D eigenvalue weighted by molar-refractivity contribution is -0.143. The molecule has 1 heterocycles. The molecule has 0 radical (unpaired) electrons. The maximum Gasteiger partial charge on any atom is 0.410 e. The Bertz CT molecular complexity index is 753. The van der Waals surface area contributed by atoms with E-state index in [1.807, 2.05) is 20.8 Å². The molecule has 1 N–H and O–H groups in total. The summed E-state index contributed by atoms with van der Waals surface area (Å²) < 4.78 is 24.8. The summed E-state index contributed by atoms with van der Waals surface area (Å²) in [6.07, 6.45) is 2.16. The van der Waals surface area contributed by atoms with Crippen LogP contribution in [-0.2, 0) is 14.3 Å². The fraction of sp³-hybridized carbons (Fsp3) is 0.636. The van der Waals surface area contributed by atoms with Crippen LogP contribution in [0.5, 0.6) is 0 Å². The molecule has 2 fully saturated rings. The minimum atomic E-state index is -0.518. The molecule has 1 saturated heterocycles. The van der Waals surface area contributed by atoms with Gasteiger partial charge in [0, 0.05) is 38.4 Å². The van der Waals surface area contributed by atoms with Gasteiger partial charge in [-0.2, -0.15) is 0 Å². The number of esters is 1. The van der Waals surface area contributed by atoms with Crippen molar-refractivity contribution in [3.63, 3.8) is 0 Å². The van der Waals surface area contributed by atoms with Gasteiger partial charge in [0.25, 0.3) is 0 Å². The lowest BCUT2D eigenvalue weighted by Gasteiger charge is -2.36. The summed E-state index contributed by atoms with van der Waals surface area (Å²) in [5, 5.41) is 2.99. The number of halogens is 1. The number of nitrogens with one attached hydrogen (secondary N) is 1. The largest absolute Gasteiger partial charge is 0.465 e. The van der Waals surface area contributed by atoms with Crippen LogP contribution < -0.4 is 10.2 Å². The zero-order chi connectivity index (χ0) is 21.7. The number of carbonyl (C=O) groups is 2. The average molecular weight is 422 g/mol. The molecule has 8 heteroatoms. The van der Waals surface area contributed by atoms with Crippen LogP contribution in [0.25, 0.3) is 0 Å². The molecule has 0 bridgehead atoms. The second-order valence-electron chi connectivity index (χ2n) is 8.92. The molecule has 30 heavy (non-hydrogen) atoms. The third kappa shape index (κ3) is 6.78. The smallest absolute Gasteiger partial charge is 0.410 e. The van der Waals surface area contributed by atoms with Crippen molar-refractivity contribution in [3.8, 4) is 0 Å². The van der Waals surface area contributed by atoms with Crippen LogP contribution in [0, 0.1) is 11.7 Å². The van der Waals surface area contributed by atoms with Crippen molar-refractivity contribution in [1.82, 2.24) is 4.90 Å². The first-order valence-corrected chi connectivity index (χ1v) is 10.6. The van der Waals surface area contributed by atoms with Crippen LogP contribution in [0.15, 0.2) is 18.2 Å². The van der Waals surface area contributed by atoms with E-state index in [2.05, 4.69) is 10.2 Å². The molecular weight excluding hydrogens is 389 g/mol. The van der Waals surface area contributed by atoms with E-state index in [1.54, 1.807) is 17.0 Å². The number of anilines is 2. The van der Waals surface area contributed by atoms with Gasteiger partial charge in [0.2, 0.25) is 0 Å². The Kier molecular flexibility index (Phi) is 7.05. The van der Waals surface area contributed by atoms with Crippen molar-refractivity contribution in [3.05, 3.63) is 24.0 Å². The lowest BCUT2D eigenvalue weighted by Crippen LogP contribution is -2.50. The van der Waals surface area contributed by atoms with E-state index >= 15 is 0 Å². The summed E-state index contributed by atoms with van der Waals surface area (Å²) in [6.45, 7) is 8.72. The first-order chi connectivity index (χ1) is 14.2. The van der Waals surface area contributed by atoms with E-state index in [-0.39, 0.29) is 24.3 Å². The minimum Gasteiger partial charge on any atom is -0.465 e. The molecule has 0 atom stereocenters. The van der Waals surface area contributed by atoms with Crippen LogP contribution in [0.3, 0.4) is 0 Å². The average Bonchev–Trinajstić information content (AvgIpc) is 3.51. The van der Waals surface area contributed by atoms with E-state index in [0.717, 1.165) is 18.5 Å². The zero-order valence-corrected chi connectivity index (χ0v) is 18.1. The molecule has 1 aliphatic carbocycles. The molecule has 1 aliphatic heterocycles. The van der Waals surface area contributed by atoms with Crippen LogP contribution >= 0.6 is 0 Å². The number of rotatable bonds is 7.